The summed E-state index contributed by atoms with van der Waals surface area (Å²) in [5.41, 5.74) is 0.835. The van der Waals surface area contributed by atoms with Gasteiger partial charge < -0.3 is 20.4 Å². The third kappa shape index (κ3) is 3.35. The molecule has 1 heterocycles. The molecule has 0 spiro atoms. The lowest BCUT2D eigenvalue weighted by atomic mass is 10.0. The topological polar surface area (TPSA) is 55.7 Å². The van der Waals surface area contributed by atoms with Crippen LogP contribution in [-0.2, 0) is 6.54 Å². The fraction of sp³-hybridized carbons (Fsp3) is 0.538. The maximum Gasteiger partial charge on any atom is 0.123 e. The molecule has 1 aromatic carbocycles. The Morgan fingerprint density at radius 1 is 1.29 bits per heavy atom. The van der Waals surface area contributed by atoms with Crippen molar-refractivity contribution < 1.29 is 10.2 Å². The van der Waals surface area contributed by atoms with Gasteiger partial charge in [0.25, 0.3) is 0 Å². The number of benzene rings is 1. The minimum Gasteiger partial charge on any atom is -0.508 e. The molecule has 0 bridgehead atoms. The largest absolute Gasteiger partial charge is 0.508 e. The van der Waals surface area contributed by atoms with Crippen LogP contribution >= 0.6 is 0 Å². The van der Waals surface area contributed by atoms with E-state index in [0.29, 0.717) is 12.6 Å². The van der Waals surface area contributed by atoms with Crippen molar-refractivity contribution in [1.29, 1.82) is 0 Å². The highest BCUT2D eigenvalue weighted by molar-refractivity contribution is 5.38. The molecule has 2 rings (SSSR count). The molecule has 1 aliphatic rings. The summed E-state index contributed by atoms with van der Waals surface area (Å²) in [6, 6.07) is 5.27. The average molecular weight is 236 g/mol. The third-order valence-electron chi connectivity index (χ3n) is 3.37. The van der Waals surface area contributed by atoms with Crippen molar-refractivity contribution in [3.05, 3.63) is 23.8 Å². The third-order valence-corrected chi connectivity index (χ3v) is 3.37. The van der Waals surface area contributed by atoms with Crippen molar-refractivity contribution in [2.75, 3.05) is 20.1 Å². The smallest absolute Gasteiger partial charge is 0.123 e. The number of piperidine rings is 1. The summed E-state index contributed by atoms with van der Waals surface area (Å²) in [5, 5.41) is 22.3. The molecule has 1 saturated heterocycles. The van der Waals surface area contributed by atoms with Crippen LogP contribution < -0.4 is 5.32 Å². The summed E-state index contributed by atoms with van der Waals surface area (Å²) >= 11 is 0. The number of hydrogen-bond donors (Lipinski definition) is 3. The van der Waals surface area contributed by atoms with E-state index < -0.39 is 0 Å². The number of aromatic hydroxyl groups is 2. The first kappa shape index (κ1) is 12.2. The number of nitrogens with one attached hydrogen (secondary N) is 1. The van der Waals surface area contributed by atoms with Crippen LogP contribution in [0, 0.1) is 0 Å². The SMILES string of the molecule is CN1CCC(NCc2ccc(O)cc2O)CC1. The Hall–Kier alpha value is -1.26. The standard InChI is InChI=1S/C13H20N2O2/c1-15-6-4-11(5-7-15)14-9-10-2-3-12(16)8-13(10)17/h2-3,8,11,14,16-17H,4-7,9H2,1H3. The lowest BCUT2D eigenvalue weighted by Gasteiger charge is -2.29. The number of phenols is 2. The molecule has 0 radical (unpaired) electrons. The molecule has 0 aliphatic carbocycles. The molecule has 4 heteroatoms. The summed E-state index contributed by atoms with van der Waals surface area (Å²) in [7, 11) is 2.14. The Balaban J connectivity index is 1.85. The van der Waals surface area contributed by atoms with E-state index in [0.717, 1.165) is 31.5 Å². The summed E-state index contributed by atoms with van der Waals surface area (Å²) in [4.78, 5) is 2.33. The molecule has 0 aromatic heterocycles. The van der Waals surface area contributed by atoms with Crippen molar-refractivity contribution in [2.24, 2.45) is 0 Å². The molecule has 3 N–H and O–H groups in total. The molecule has 0 saturated carbocycles. The van der Waals surface area contributed by atoms with Crippen LogP contribution in [0.2, 0.25) is 0 Å². The van der Waals surface area contributed by atoms with Gasteiger partial charge in [-0.2, -0.15) is 0 Å². The van der Waals surface area contributed by atoms with Gasteiger partial charge in [-0.3, -0.25) is 0 Å². The molecule has 0 unspecified atom stereocenters. The maximum atomic E-state index is 9.65. The predicted octanol–water partition coefficient (Wildman–Crippen LogP) is 1.28. The van der Waals surface area contributed by atoms with Crippen LogP contribution in [0.25, 0.3) is 0 Å². The van der Waals surface area contributed by atoms with Crippen LogP contribution in [0.3, 0.4) is 0 Å². The normalized spacial score (nSPS) is 18.4. The van der Waals surface area contributed by atoms with Crippen molar-refractivity contribution in [3.8, 4) is 11.5 Å². The second-order valence-electron chi connectivity index (χ2n) is 4.77. The highest BCUT2D eigenvalue weighted by Gasteiger charge is 2.16. The van der Waals surface area contributed by atoms with E-state index in [1.165, 1.54) is 6.07 Å². The molecule has 0 atom stereocenters. The highest BCUT2D eigenvalue weighted by Crippen LogP contribution is 2.22. The molecule has 1 aromatic rings. The molecular formula is C13H20N2O2. The molecule has 94 valence electrons. The Bertz CT molecular complexity index is 374. The fourth-order valence-corrected chi connectivity index (χ4v) is 2.17. The Morgan fingerprint density at radius 2 is 2.00 bits per heavy atom. The average Bonchev–Trinajstić information content (AvgIpc) is 2.30. The van der Waals surface area contributed by atoms with Gasteiger partial charge in [-0.1, -0.05) is 6.07 Å². The number of likely N-dealkylation sites (tertiary alicyclic amines) is 1. The molecular weight excluding hydrogens is 216 g/mol. The molecule has 1 fully saturated rings. The molecule has 17 heavy (non-hydrogen) atoms. The summed E-state index contributed by atoms with van der Waals surface area (Å²) < 4.78 is 0. The van der Waals surface area contributed by atoms with E-state index in [4.69, 9.17) is 0 Å². The van der Waals surface area contributed by atoms with Gasteiger partial charge in [0.1, 0.15) is 11.5 Å². The first-order valence-corrected chi connectivity index (χ1v) is 6.08. The van der Waals surface area contributed by atoms with E-state index in [1.807, 2.05) is 0 Å². The molecule has 1 aliphatic heterocycles. The molecule has 0 amide bonds. The van der Waals surface area contributed by atoms with E-state index in [1.54, 1.807) is 12.1 Å². The summed E-state index contributed by atoms with van der Waals surface area (Å²) in [6.07, 6.45) is 2.30. The van der Waals surface area contributed by atoms with E-state index in [-0.39, 0.29) is 11.5 Å². The van der Waals surface area contributed by atoms with Crippen LogP contribution in [0.4, 0.5) is 0 Å². The van der Waals surface area contributed by atoms with Crippen molar-refractivity contribution in [2.45, 2.75) is 25.4 Å². The predicted molar refractivity (Wildman–Crippen MR) is 67.1 cm³/mol. The number of hydrogen-bond acceptors (Lipinski definition) is 4. The minimum atomic E-state index is 0.102. The van der Waals surface area contributed by atoms with E-state index >= 15 is 0 Å². The van der Waals surface area contributed by atoms with Crippen LogP contribution in [0.5, 0.6) is 11.5 Å². The molecule has 4 nitrogen and oxygen atoms in total. The van der Waals surface area contributed by atoms with Gasteiger partial charge in [0.05, 0.1) is 0 Å². The zero-order chi connectivity index (χ0) is 12.3. The highest BCUT2D eigenvalue weighted by atomic mass is 16.3. The van der Waals surface area contributed by atoms with Crippen molar-refractivity contribution >= 4 is 0 Å². The van der Waals surface area contributed by atoms with Crippen LogP contribution in [0.1, 0.15) is 18.4 Å². The van der Waals surface area contributed by atoms with Gasteiger partial charge in [-0.25, -0.2) is 0 Å². The lowest BCUT2D eigenvalue weighted by Crippen LogP contribution is -2.40. The number of nitrogens with zero attached hydrogens (tertiary/aromatic N) is 1. The second-order valence-corrected chi connectivity index (χ2v) is 4.77. The summed E-state index contributed by atoms with van der Waals surface area (Å²) in [5.74, 6) is 0.260. The van der Waals surface area contributed by atoms with Gasteiger partial charge in [0.2, 0.25) is 0 Å². The van der Waals surface area contributed by atoms with Gasteiger partial charge >= 0.3 is 0 Å². The Morgan fingerprint density at radius 3 is 2.65 bits per heavy atom. The second kappa shape index (κ2) is 5.38. The van der Waals surface area contributed by atoms with Gasteiger partial charge in [0, 0.05) is 24.2 Å². The fourth-order valence-electron chi connectivity index (χ4n) is 2.17. The van der Waals surface area contributed by atoms with Gasteiger partial charge in [0.15, 0.2) is 0 Å². The van der Waals surface area contributed by atoms with Crippen molar-refractivity contribution in [1.82, 2.24) is 10.2 Å². The zero-order valence-electron chi connectivity index (χ0n) is 10.2. The Kier molecular flexibility index (Phi) is 3.86. The van der Waals surface area contributed by atoms with Crippen LogP contribution in [-0.4, -0.2) is 41.3 Å². The van der Waals surface area contributed by atoms with Crippen LogP contribution in [0.15, 0.2) is 18.2 Å². The lowest BCUT2D eigenvalue weighted by molar-refractivity contribution is 0.233. The number of rotatable bonds is 3. The first-order valence-electron chi connectivity index (χ1n) is 6.08. The number of phenolic OH excluding ortho intramolecular Hbond substituents is 2. The Labute approximate surface area is 102 Å². The van der Waals surface area contributed by atoms with Gasteiger partial charge in [-0.15, -0.1) is 0 Å². The van der Waals surface area contributed by atoms with Gasteiger partial charge in [-0.05, 0) is 39.0 Å². The zero-order valence-corrected chi connectivity index (χ0v) is 10.2. The monoisotopic (exact) mass is 236 g/mol. The quantitative estimate of drug-likeness (QED) is 0.740. The first-order chi connectivity index (χ1) is 8.15. The summed E-state index contributed by atoms with van der Waals surface area (Å²) in [6.45, 7) is 2.90. The maximum absolute atomic E-state index is 9.65. The van der Waals surface area contributed by atoms with E-state index in [9.17, 15) is 10.2 Å². The minimum absolute atomic E-state index is 0.102. The van der Waals surface area contributed by atoms with E-state index in [2.05, 4.69) is 17.3 Å². The van der Waals surface area contributed by atoms with Crippen molar-refractivity contribution in [3.63, 3.8) is 0 Å².